The molecule has 2 saturated carbocycles. The number of aliphatic carboxylic acids is 1. The summed E-state index contributed by atoms with van der Waals surface area (Å²) < 4.78 is 0. The number of rotatable bonds is 2. The van der Waals surface area contributed by atoms with Crippen LogP contribution in [-0.4, -0.2) is 33.8 Å². The molecule has 1 aliphatic heterocycles. The molecule has 1 heterocycles. The van der Waals surface area contributed by atoms with Crippen molar-refractivity contribution in [2.45, 2.75) is 19.4 Å². The largest absolute Gasteiger partial charge is 0.480 e. The number of carbonyl (C=O) groups is 3. The minimum absolute atomic E-state index is 0.155. The molecule has 19 heavy (non-hydrogen) atoms. The normalized spacial score (nSPS) is 47.1. The Morgan fingerprint density at radius 3 is 2.11 bits per heavy atom. The van der Waals surface area contributed by atoms with E-state index in [0.29, 0.717) is 11.8 Å². The Morgan fingerprint density at radius 2 is 1.68 bits per heavy atom. The van der Waals surface area contributed by atoms with E-state index in [1.807, 2.05) is 0 Å². The predicted octanol–water partition coefficient (Wildman–Crippen LogP) is 0.513. The fourth-order valence-electron chi connectivity index (χ4n) is 4.47. The van der Waals surface area contributed by atoms with Gasteiger partial charge in [-0.1, -0.05) is 12.2 Å². The Labute approximate surface area is 110 Å². The van der Waals surface area contributed by atoms with E-state index in [2.05, 4.69) is 12.2 Å². The summed E-state index contributed by atoms with van der Waals surface area (Å²) in [5, 5.41) is 9.06. The fourth-order valence-corrected chi connectivity index (χ4v) is 4.47. The molecule has 0 aromatic heterocycles. The van der Waals surface area contributed by atoms with Crippen molar-refractivity contribution in [2.75, 3.05) is 0 Å². The smallest absolute Gasteiger partial charge is 0.326 e. The lowest BCUT2D eigenvalue weighted by molar-refractivity contribution is -0.154. The van der Waals surface area contributed by atoms with Crippen molar-refractivity contribution in [2.24, 2.45) is 35.5 Å². The average molecular weight is 261 g/mol. The first-order valence-electron chi connectivity index (χ1n) is 6.80. The molecule has 100 valence electrons. The molecule has 7 atom stereocenters. The second-order valence-corrected chi connectivity index (χ2v) is 6.22. The number of carboxylic acid groups (broad SMARTS) is 1. The second kappa shape index (κ2) is 3.26. The number of amides is 2. The number of likely N-dealkylation sites (tertiary alicyclic amines) is 1. The van der Waals surface area contributed by atoms with Crippen LogP contribution in [0.1, 0.15) is 13.3 Å². The van der Waals surface area contributed by atoms with Crippen LogP contribution >= 0.6 is 0 Å². The van der Waals surface area contributed by atoms with Gasteiger partial charge >= 0.3 is 5.97 Å². The molecule has 4 aliphatic carbocycles. The molecular formula is C14H15NO4. The number of hydrogen-bond acceptors (Lipinski definition) is 3. The average Bonchev–Trinajstić information content (AvgIpc) is 3.14. The Hall–Kier alpha value is -1.65. The maximum absolute atomic E-state index is 12.5. The summed E-state index contributed by atoms with van der Waals surface area (Å²) in [6.07, 6.45) is 5.28. The van der Waals surface area contributed by atoms with Gasteiger partial charge in [0, 0.05) is 0 Å². The minimum atomic E-state index is -1.12. The van der Waals surface area contributed by atoms with Gasteiger partial charge in [0.1, 0.15) is 6.04 Å². The van der Waals surface area contributed by atoms with Gasteiger partial charge in [0.25, 0.3) is 0 Å². The first-order valence-corrected chi connectivity index (χ1v) is 6.80. The van der Waals surface area contributed by atoms with Crippen LogP contribution in [0, 0.1) is 35.5 Å². The fraction of sp³-hybridized carbons (Fsp3) is 0.643. The van der Waals surface area contributed by atoms with Gasteiger partial charge < -0.3 is 5.11 Å². The number of imide groups is 1. The van der Waals surface area contributed by atoms with Crippen molar-refractivity contribution in [1.29, 1.82) is 0 Å². The monoisotopic (exact) mass is 261 g/mol. The molecule has 3 fully saturated rings. The second-order valence-electron chi connectivity index (χ2n) is 6.22. The molecular weight excluding hydrogens is 246 g/mol. The van der Waals surface area contributed by atoms with Gasteiger partial charge in [0.2, 0.25) is 11.8 Å². The van der Waals surface area contributed by atoms with Crippen molar-refractivity contribution in [3.8, 4) is 0 Å². The van der Waals surface area contributed by atoms with Crippen molar-refractivity contribution in [3.63, 3.8) is 0 Å². The number of carbonyl (C=O) groups excluding carboxylic acids is 2. The lowest BCUT2D eigenvalue weighted by Gasteiger charge is -2.37. The lowest BCUT2D eigenvalue weighted by Crippen LogP contribution is -2.43. The third kappa shape index (κ3) is 1.18. The predicted molar refractivity (Wildman–Crippen MR) is 63.6 cm³/mol. The Kier molecular flexibility index (Phi) is 1.92. The standard InChI is InChI=1S/C14H15NO4/c1-5(14(18)19)15-12(16)10-6-2-3-7(9-4-8(6)9)11(10)13(15)17/h2-3,5-11H,4H2,1H3,(H,18,19)/t5-,6+,7+,8-,9+,10-,11+/m1/s1. The highest BCUT2D eigenvalue weighted by atomic mass is 16.4. The number of nitrogens with zero attached hydrogens (tertiary/aromatic N) is 1. The van der Waals surface area contributed by atoms with Crippen molar-refractivity contribution < 1.29 is 19.5 Å². The summed E-state index contributed by atoms with van der Waals surface area (Å²) in [5.41, 5.74) is 0. The summed E-state index contributed by atoms with van der Waals surface area (Å²) in [6, 6.07) is -1.05. The molecule has 5 heteroatoms. The van der Waals surface area contributed by atoms with Gasteiger partial charge in [-0.25, -0.2) is 4.79 Å². The van der Waals surface area contributed by atoms with Crippen LogP contribution in [0.25, 0.3) is 0 Å². The van der Waals surface area contributed by atoms with Gasteiger partial charge in [-0.15, -0.1) is 0 Å². The highest BCUT2D eigenvalue weighted by Crippen LogP contribution is 2.65. The van der Waals surface area contributed by atoms with Crippen molar-refractivity contribution >= 4 is 17.8 Å². The van der Waals surface area contributed by atoms with E-state index in [-0.39, 0.29) is 35.5 Å². The lowest BCUT2D eigenvalue weighted by atomic mass is 9.63. The summed E-state index contributed by atoms with van der Waals surface area (Å²) in [7, 11) is 0. The molecule has 2 bridgehead atoms. The molecule has 0 aromatic carbocycles. The van der Waals surface area contributed by atoms with Crippen LogP contribution in [0.3, 0.4) is 0 Å². The van der Waals surface area contributed by atoms with Crippen LogP contribution in [-0.2, 0) is 14.4 Å². The maximum Gasteiger partial charge on any atom is 0.326 e. The molecule has 0 spiro atoms. The Morgan fingerprint density at radius 1 is 1.21 bits per heavy atom. The van der Waals surface area contributed by atoms with Crippen LogP contribution in [0.2, 0.25) is 0 Å². The van der Waals surface area contributed by atoms with E-state index in [1.54, 1.807) is 0 Å². The third-order valence-corrected chi connectivity index (χ3v) is 5.44. The molecule has 1 saturated heterocycles. The summed E-state index contributed by atoms with van der Waals surface area (Å²) in [6.45, 7) is 1.41. The van der Waals surface area contributed by atoms with Crippen molar-refractivity contribution in [1.82, 2.24) is 4.90 Å². The first kappa shape index (κ1) is 11.2. The van der Waals surface area contributed by atoms with E-state index in [1.165, 1.54) is 6.92 Å². The summed E-state index contributed by atoms with van der Waals surface area (Å²) >= 11 is 0. The molecule has 5 aliphatic rings. The van der Waals surface area contributed by atoms with Crippen molar-refractivity contribution in [3.05, 3.63) is 12.2 Å². The van der Waals surface area contributed by atoms with E-state index in [4.69, 9.17) is 5.11 Å². The minimum Gasteiger partial charge on any atom is -0.480 e. The Balaban J connectivity index is 1.74. The van der Waals surface area contributed by atoms with Crippen LogP contribution in [0.15, 0.2) is 12.2 Å². The zero-order chi connectivity index (χ0) is 13.5. The third-order valence-electron chi connectivity index (χ3n) is 5.44. The molecule has 2 amide bonds. The highest BCUT2D eigenvalue weighted by Gasteiger charge is 2.67. The van der Waals surface area contributed by atoms with E-state index < -0.39 is 12.0 Å². The van der Waals surface area contributed by atoms with Gasteiger partial charge in [-0.05, 0) is 37.0 Å². The van der Waals surface area contributed by atoms with E-state index in [9.17, 15) is 14.4 Å². The molecule has 0 radical (unpaired) electrons. The van der Waals surface area contributed by atoms with Gasteiger partial charge in [0.05, 0.1) is 11.8 Å². The zero-order valence-electron chi connectivity index (χ0n) is 10.5. The van der Waals surface area contributed by atoms with Gasteiger partial charge in [-0.3, -0.25) is 14.5 Å². The Bertz CT molecular complexity index is 504. The maximum atomic E-state index is 12.5. The number of carboxylic acids is 1. The quantitative estimate of drug-likeness (QED) is 0.580. The molecule has 5 nitrogen and oxygen atoms in total. The van der Waals surface area contributed by atoms with Crippen LogP contribution in [0.5, 0.6) is 0 Å². The van der Waals surface area contributed by atoms with Gasteiger partial charge in [0.15, 0.2) is 0 Å². The van der Waals surface area contributed by atoms with Gasteiger partial charge in [-0.2, -0.15) is 0 Å². The topological polar surface area (TPSA) is 74.7 Å². The number of allylic oxidation sites excluding steroid dienone is 2. The zero-order valence-corrected chi connectivity index (χ0v) is 10.5. The number of hydrogen-bond donors (Lipinski definition) is 1. The first-order chi connectivity index (χ1) is 9.02. The summed E-state index contributed by atoms with van der Waals surface area (Å²) in [4.78, 5) is 37.0. The van der Waals surface area contributed by atoms with E-state index in [0.717, 1.165) is 11.3 Å². The van der Waals surface area contributed by atoms with Crippen LogP contribution in [0.4, 0.5) is 0 Å². The summed E-state index contributed by atoms with van der Waals surface area (Å²) in [5.74, 6) is -0.845. The SMILES string of the molecule is C[C@H](C(=O)O)N1C(=O)[C@@H]2[C@H]3C=C[C@@H]([C@@H]4C[C@H]34)[C@@H]2C1=O. The molecule has 0 aromatic rings. The molecule has 5 rings (SSSR count). The van der Waals surface area contributed by atoms with Crippen LogP contribution < -0.4 is 0 Å². The highest BCUT2D eigenvalue weighted by molar-refractivity contribution is 6.08. The molecule has 1 N–H and O–H groups in total. The van der Waals surface area contributed by atoms with E-state index >= 15 is 0 Å². The molecule has 0 unspecified atom stereocenters.